The van der Waals surface area contributed by atoms with Crippen molar-refractivity contribution in [3.63, 3.8) is 0 Å². The van der Waals surface area contributed by atoms with Crippen molar-refractivity contribution in [1.82, 2.24) is 10.2 Å². The van der Waals surface area contributed by atoms with E-state index in [-0.39, 0.29) is 6.04 Å². The Morgan fingerprint density at radius 2 is 1.74 bits per heavy atom. The summed E-state index contributed by atoms with van der Waals surface area (Å²) in [6.45, 7) is 6.68. The van der Waals surface area contributed by atoms with Crippen molar-refractivity contribution in [3.8, 4) is 0 Å². The second kappa shape index (κ2) is 6.38. The molecule has 3 aliphatic carbocycles. The van der Waals surface area contributed by atoms with Crippen LogP contribution in [0.2, 0.25) is 0 Å². The zero-order valence-electron chi connectivity index (χ0n) is 15.0. The number of rotatable bonds is 4. The molecule has 0 aromatic rings. The fourth-order valence-electron chi connectivity index (χ4n) is 5.92. The maximum absolute atomic E-state index is 12.8. The number of nitrogens with zero attached hydrogens (tertiary/aromatic N) is 1. The van der Waals surface area contributed by atoms with Crippen molar-refractivity contribution < 1.29 is 4.79 Å². The van der Waals surface area contributed by atoms with Crippen molar-refractivity contribution in [1.29, 1.82) is 0 Å². The molecule has 0 aromatic carbocycles. The van der Waals surface area contributed by atoms with Crippen LogP contribution in [0.5, 0.6) is 0 Å². The number of hydrogen-bond donors (Lipinski definition) is 1. The van der Waals surface area contributed by atoms with Crippen LogP contribution >= 0.6 is 0 Å². The largest absolute Gasteiger partial charge is 0.352 e. The number of amides is 1. The molecule has 2 bridgehead atoms. The van der Waals surface area contributed by atoms with Crippen molar-refractivity contribution in [3.05, 3.63) is 0 Å². The smallest absolute Gasteiger partial charge is 0.237 e. The normalized spacial score (nSPS) is 43.1. The molecular weight excluding hydrogens is 284 g/mol. The summed E-state index contributed by atoms with van der Waals surface area (Å²) in [5.41, 5.74) is 0. The lowest BCUT2D eigenvalue weighted by Crippen LogP contribution is -2.49. The van der Waals surface area contributed by atoms with Gasteiger partial charge in [0.1, 0.15) is 0 Å². The number of carbonyl (C=O) groups is 1. The highest BCUT2D eigenvalue weighted by Crippen LogP contribution is 2.54. The lowest BCUT2D eigenvalue weighted by atomic mass is 9.76. The monoisotopic (exact) mass is 318 g/mol. The molecule has 0 spiro atoms. The van der Waals surface area contributed by atoms with Gasteiger partial charge >= 0.3 is 0 Å². The first-order valence-electron chi connectivity index (χ1n) is 10.1. The Morgan fingerprint density at radius 1 is 1.04 bits per heavy atom. The first-order valence-corrected chi connectivity index (χ1v) is 10.1. The zero-order chi connectivity index (χ0) is 16.0. The topological polar surface area (TPSA) is 32.3 Å². The van der Waals surface area contributed by atoms with Gasteiger partial charge in [-0.05, 0) is 87.5 Å². The van der Waals surface area contributed by atoms with Crippen LogP contribution in [-0.2, 0) is 4.79 Å². The standard InChI is InChI=1S/C20H34N2O/c1-13(2)12-22-5-3-4-19(22)20(23)21-18-9-14-6-15(10-18)8-17-11-16(17)7-14/h13-19H,3-12H2,1-2H3,(H,21,23). The van der Waals surface area contributed by atoms with Gasteiger partial charge in [-0.15, -0.1) is 0 Å². The van der Waals surface area contributed by atoms with E-state index < -0.39 is 0 Å². The van der Waals surface area contributed by atoms with Crippen LogP contribution in [-0.4, -0.2) is 36.0 Å². The van der Waals surface area contributed by atoms with Gasteiger partial charge in [-0.1, -0.05) is 13.8 Å². The average molecular weight is 319 g/mol. The Bertz CT molecular complexity index is 427. The van der Waals surface area contributed by atoms with Crippen molar-refractivity contribution in [2.24, 2.45) is 29.6 Å². The molecule has 5 unspecified atom stereocenters. The van der Waals surface area contributed by atoms with Crippen LogP contribution < -0.4 is 5.32 Å². The van der Waals surface area contributed by atoms with Crippen LogP contribution in [0.3, 0.4) is 0 Å². The van der Waals surface area contributed by atoms with E-state index in [0.29, 0.717) is 17.9 Å². The maximum Gasteiger partial charge on any atom is 0.237 e. The minimum absolute atomic E-state index is 0.148. The van der Waals surface area contributed by atoms with Crippen molar-refractivity contribution >= 4 is 5.91 Å². The van der Waals surface area contributed by atoms with E-state index in [4.69, 9.17) is 0 Å². The van der Waals surface area contributed by atoms with Gasteiger partial charge in [0.05, 0.1) is 6.04 Å². The summed E-state index contributed by atoms with van der Waals surface area (Å²) in [5.74, 6) is 4.87. The van der Waals surface area contributed by atoms with E-state index in [9.17, 15) is 4.79 Å². The van der Waals surface area contributed by atoms with Gasteiger partial charge in [-0.25, -0.2) is 0 Å². The van der Waals surface area contributed by atoms with Gasteiger partial charge in [0.2, 0.25) is 5.91 Å². The summed E-state index contributed by atoms with van der Waals surface area (Å²) in [6, 6.07) is 0.611. The third-order valence-corrected chi connectivity index (χ3v) is 6.86. The Labute approximate surface area is 141 Å². The predicted molar refractivity (Wildman–Crippen MR) is 93.0 cm³/mol. The average Bonchev–Trinajstić information content (AvgIpc) is 3.03. The molecule has 3 nitrogen and oxygen atoms in total. The van der Waals surface area contributed by atoms with Gasteiger partial charge in [0.25, 0.3) is 0 Å². The molecule has 1 N–H and O–H groups in total. The number of nitrogens with one attached hydrogen (secondary N) is 1. The van der Waals surface area contributed by atoms with Gasteiger partial charge in [-0.3, -0.25) is 9.69 Å². The summed E-state index contributed by atoms with van der Waals surface area (Å²) >= 11 is 0. The van der Waals surface area contributed by atoms with Gasteiger partial charge < -0.3 is 5.32 Å². The molecular formula is C20H34N2O. The molecule has 1 saturated heterocycles. The molecule has 130 valence electrons. The highest BCUT2D eigenvalue weighted by atomic mass is 16.2. The molecule has 0 aromatic heterocycles. The molecule has 3 heteroatoms. The van der Waals surface area contributed by atoms with Crippen LogP contribution in [0, 0.1) is 29.6 Å². The van der Waals surface area contributed by atoms with Crippen LogP contribution in [0.4, 0.5) is 0 Å². The summed E-state index contributed by atoms with van der Waals surface area (Å²) in [7, 11) is 0. The fourth-order valence-corrected chi connectivity index (χ4v) is 5.92. The zero-order valence-corrected chi connectivity index (χ0v) is 15.0. The van der Waals surface area contributed by atoms with E-state index in [1.54, 1.807) is 0 Å². The molecule has 23 heavy (non-hydrogen) atoms. The van der Waals surface area contributed by atoms with Gasteiger partial charge in [0, 0.05) is 12.6 Å². The number of fused-ring (bicyclic) bond motifs is 3. The lowest BCUT2D eigenvalue weighted by Gasteiger charge is -2.35. The minimum atomic E-state index is 0.148. The maximum atomic E-state index is 12.8. The molecule has 4 rings (SSSR count). The first kappa shape index (κ1) is 15.9. The predicted octanol–water partition coefficient (Wildman–Crippen LogP) is 3.44. The third-order valence-electron chi connectivity index (χ3n) is 6.86. The molecule has 1 heterocycles. The van der Waals surface area contributed by atoms with E-state index >= 15 is 0 Å². The Hall–Kier alpha value is -0.570. The van der Waals surface area contributed by atoms with E-state index in [0.717, 1.165) is 43.2 Å². The molecule has 4 aliphatic rings. The van der Waals surface area contributed by atoms with E-state index in [2.05, 4.69) is 24.1 Å². The first-order chi connectivity index (χ1) is 11.1. The van der Waals surface area contributed by atoms with Crippen LogP contribution in [0.25, 0.3) is 0 Å². The molecule has 1 amide bonds. The highest BCUT2D eigenvalue weighted by Gasteiger charge is 2.46. The van der Waals surface area contributed by atoms with Crippen molar-refractivity contribution in [2.45, 2.75) is 77.3 Å². The number of carbonyl (C=O) groups excluding carboxylic acids is 1. The highest BCUT2D eigenvalue weighted by molar-refractivity contribution is 5.82. The minimum Gasteiger partial charge on any atom is -0.352 e. The number of likely N-dealkylation sites (tertiary alicyclic amines) is 1. The summed E-state index contributed by atoms with van der Waals surface area (Å²) in [4.78, 5) is 15.3. The second-order valence-electron chi connectivity index (χ2n) is 9.42. The van der Waals surface area contributed by atoms with E-state index in [1.807, 2.05) is 0 Å². The van der Waals surface area contributed by atoms with Crippen molar-refractivity contribution in [2.75, 3.05) is 13.1 Å². The van der Waals surface area contributed by atoms with Crippen LogP contribution in [0.1, 0.15) is 65.2 Å². The molecule has 3 saturated carbocycles. The fraction of sp³-hybridized carbons (Fsp3) is 0.950. The summed E-state index contributed by atoms with van der Waals surface area (Å²) in [5, 5.41) is 3.47. The third kappa shape index (κ3) is 3.60. The quantitative estimate of drug-likeness (QED) is 0.861. The molecule has 0 radical (unpaired) electrons. The van der Waals surface area contributed by atoms with Gasteiger partial charge in [0.15, 0.2) is 0 Å². The Balaban J connectivity index is 1.33. The van der Waals surface area contributed by atoms with E-state index in [1.165, 1.54) is 44.9 Å². The SMILES string of the molecule is CC(C)CN1CCCC1C(=O)NC1CC2CC(C1)CC1CC1C2. The Kier molecular flexibility index (Phi) is 4.42. The molecule has 5 atom stereocenters. The Morgan fingerprint density at radius 3 is 2.39 bits per heavy atom. The molecule has 4 fully saturated rings. The number of hydrogen-bond acceptors (Lipinski definition) is 2. The van der Waals surface area contributed by atoms with Crippen LogP contribution in [0.15, 0.2) is 0 Å². The second-order valence-corrected chi connectivity index (χ2v) is 9.42. The lowest BCUT2D eigenvalue weighted by molar-refractivity contribution is -0.126. The molecule has 1 aliphatic heterocycles. The summed E-state index contributed by atoms with van der Waals surface area (Å²) in [6.07, 6.45) is 10.6. The summed E-state index contributed by atoms with van der Waals surface area (Å²) < 4.78 is 0. The van der Waals surface area contributed by atoms with Gasteiger partial charge in [-0.2, -0.15) is 0 Å².